The van der Waals surface area contributed by atoms with Crippen LogP contribution >= 0.6 is 0 Å². The molecule has 0 saturated heterocycles. The monoisotopic (exact) mass is 855 g/mol. The van der Waals surface area contributed by atoms with E-state index in [0.717, 1.165) is 56.7 Å². The summed E-state index contributed by atoms with van der Waals surface area (Å²) < 4.78 is 9.80. The Kier molecular flexibility index (Phi) is 8.02. The van der Waals surface area contributed by atoms with Gasteiger partial charge in [0.1, 0.15) is 0 Å². The number of hydrogen-bond donors (Lipinski definition) is 0. The van der Waals surface area contributed by atoms with Gasteiger partial charge in [-0.3, -0.25) is 0 Å². The van der Waals surface area contributed by atoms with E-state index >= 15 is 0 Å². The van der Waals surface area contributed by atoms with Crippen molar-refractivity contribution >= 4 is 82.4 Å². The second kappa shape index (κ2) is 14.3. The lowest BCUT2D eigenvalue weighted by Gasteiger charge is -2.21. The lowest BCUT2D eigenvalue weighted by atomic mass is 9.93. The molecule has 0 fully saturated rings. The minimum absolute atomic E-state index is 0.392. The molecule has 0 spiro atoms. The summed E-state index contributed by atoms with van der Waals surface area (Å²) in [6, 6.07) is 75.0. The van der Waals surface area contributed by atoms with E-state index in [1.54, 1.807) is 0 Å². The van der Waals surface area contributed by atoms with Crippen molar-refractivity contribution in [1.82, 2.24) is 18.3 Å². The molecule has 0 saturated carbocycles. The minimum atomic E-state index is 0.392. The van der Waals surface area contributed by atoms with Gasteiger partial charge < -0.3 is 18.3 Å². The van der Waals surface area contributed by atoms with Gasteiger partial charge in [0, 0.05) is 71.8 Å². The Morgan fingerprint density at radius 1 is 0.418 bits per heavy atom. The Hall–Kier alpha value is -8.85. The Morgan fingerprint density at radius 3 is 1.37 bits per heavy atom. The zero-order valence-corrected chi connectivity index (χ0v) is 36.7. The van der Waals surface area contributed by atoms with E-state index in [0.29, 0.717) is 11.5 Å². The second-order valence-corrected chi connectivity index (χ2v) is 18.0. The first-order valence-corrected chi connectivity index (χ1v) is 23.1. The smallest absolute Gasteiger partial charge is 0.0991 e. The van der Waals surface area contributed by atoms with Crippen molar-refractivity contribution in [3.63, 3.8) is 0 Å². The average molecular weight is 856 g/mol. The summed E-state index contributed by atoms with van der Waals surface area (Å²) >= 11 is 0. The number of fused-ring (bicyclic) bond motifs is 12. The van der Waals surface area contributed by atoms with E-state index in [-0.39, 0.29) is 0 Å². The molecule has 9 aromatic carbocycles. The van der Waals surface area contributed by atoms with Crippen LogP contribution in [0.5, 0.6) is 0 Å². The fourth-order valence-electron chi connectivity index (χ4n) is 11.6. The van der Waals surface area contributed by atoms with Crippen LogP contribution in [0, 0.1) is 11.3 Å². The maximum atomic E-state index is 9.95. The number of nitriles is 1. The van der Waals surface area contributed by atoms with Crippen LogP contribution in [0.1, 0.15) is 36.1 Å². The van der Waals surface area contributed by atoms with Crippen molar-refractivity contribution in [3.05, 3.63) is 223 Å². The number of para-hydroxylation sites is 5. The summed E-state index contributed by atoms with van der Waals surface area (Å²) in [6.07, 6.45) is 5.66. The van der Waals surface area contributed by atoms with E-state index < -0.39 is 0 Å². The Morgan fingerprint density at radius 2 is 0.851 bits per heavy atom. The van der Waals surface area contributed by atoms with Crippen LogP contribution < -0.4 is 0 Å². The summed E-state index contributed by atoms with van der Waals surface area (Å²) in [5.41, 5.74) is 18.0. The van der Waals surface area contributed by atoms with Gasteiger partial charge in [-0.25, -0.2) is 0 Å². The van der Waals surface area contributed by atoms with Gasteiger partial charge in [0.05, 0.1) is 61.6 Å². The van der Waals surface area contributed by atoms with E-state index in [4.69, 9.17) is 0 Å². The first-order chi connectivity index (χ1) is 33.1. The van der Waals surface area contributed by atoms with Gasteiger partial charge in [-0.05, 0) is 103 Å². The number of nitrogens with zero attached hydrogens (tertiary/aromatic N) is 5. The Balaban J connectivity index is 1.03. The van der Waals surface area contributed by atoms with Crippen LogP contribution in [-0.4, -0.2) is 18.3 Å². The molecule has 5 nitrogen and oxygen atoms in total. The SMILES string of the molecule is CC1CC=Cc2c1n(-c1ccc3c(c1)c1ccccc1n3-c1cccc(-n3c4ccccc4c4cc(-n5c6ccccc6c6ccccc65)ccc43)c1-c1ccc(C#N)cc1)c1ccccc21. The highest BCUT2D eigenvalue weighted by atomic mass is 15.0. The molecule has 0 radical (unpaired) electrons. The second-order valence-electron chi connectivity index (χ2n) is 18.0. The molecule has 1 aliphatic carbocycles. The molecule has 1 aliphatic rings. The first-order valence-electron chi connectivity index (χ1n) is 23.1. The van der Waals surface area contributed by atoms with Gasteiger partial charge in [0.2, 0.25) is 0 Å². The normalized spacial score (nSPS) is 13.8. The molecule has 4 heterocycles. The van der Waals surface area contributed by atoms with E-state index in [9.17, 15) is 5.26 Å². The number of aromatic nitrogens is 4. The molecule has 0 aliphatic heterocycles. The lowest BCUT2D eigenvalue weighted by Crippen LogP contribution is -2.07. The van der Waals surface area contributed by atoms with Crippen LogP contribution in [0.4, 0.5) is 0 Å². The van der Waals surface area contributed by atoms with Gasteiger partial charge in [-0.1, -0.05) is 128 Å². The van der Waals surface area contributed by atoms with Crippen LogP contribution in [-0.2, 0) is 0 Å². The third kappa shape index (κ3) is 5.36. The highest BCUT2D eigenvalue weighted by molar-refractivity contribution is 6.14. The zero-order valence-electron chi connectivity index (χ0n) is 36.7. The molecule has 1 unspecified atom stereocenters. The standard InChI is InChI=1S/C62H41N5/c1-39-14-12-20-49-46-17-4-9-23-54(46)65(62(39)49)43-33-35-58-51(37-43)48-19-6-11-25-56(48)67(58)60-27-13-26-59(61(60)41-30-28-40(38-63)29-31-41)66-55-24-10-5-18-47(55)50-36-42(32-34-57(50)66)64-52-21-7-2-15-44(52)45-16-3-8-22-53(45)64/h2-13,15-37,39H,14H2,1H3. The Bertz CT molecular complexity index is 4220. The maximum absolute atomic E-state index is 9.95. The summed E-state index contributed by atoms with van der Waals surface area (Å²) in [5, 5.41) is 18.5. The summed E-state index contributed by atoms with van der Waals surface area (Å²) in [6.45, 7) is 2.35. The fourth-order valence-corrected chi connectivity index (χ4v) is 11.6. The number of rotatable bonds is 5. The van der Waals surface area contributed by atoms with Crippen LogP contribution in [0.2, 0.25) is 0 Å². The molecule has 0 N–H and O–H groups in total. The van der Waals surface area contributed by atoms with Gasteiger partial charge in [-0.2, -0.15) is 5.26 Å². The van der Waals surface area contributed by atoms with Crippen molar-refractivity contribution < 1.29 is 0 Å². The minimum Gasteiger partial charge on any atom is -0.313 e. The van der Waals surface area contributed by atoms with Crippen LogP contribution in [0.15, 0.2) is 206 Å². The molecule has 67 heavy (non-hydrogen) atoms. The largest absolute Gasteiger partial charge is 0.313 e. The molecule has 314 valence electrons. The molecular weight excluding hydrogens is 815 g/mol. The molecule has 1 atom stereocenters. The molecule has 4 aromatic heterocycles. The molecule has 13 aromatic rings. The topological polar surface area (TPSA) is 43.5 Å². The highest BCUT2D eigenvalue weighted by Crippen LogP contribution is 2.45. The third-order valence-electron chi connectivity index (χ3n) is 14.4. The number of allylic oxidation sites excluding steroid dienone is 1. The fraction of sp³-hybridized carbons (Fsp3) is 0.0484. The van der Waals surface area contributed by atoms with Crippen LogP contribution in [0.25, 0.3) is 116 Å². The van der Waals surface area contributed by atoms with Gasteiger partial charge >= 0.3 is 0 Å². The Labute approximate surface area is 386 Å². The van der Waals surface area contributed by atoms with Crippen molar-refractivity contribution in [1.29, 1.82) is 5.26 Å². The quantitative estimate of drug-likeness (QED) is 0.170. The highest BCUT2D eigenvalue weighted by Gasteiger charge is 2.26. The number of hydrogen-bond acceptors (Lipinski definition) is 1. The number of benzene rings is 9. The van der Waals surface area contributed by atoms with Gasteiger partial charge in [0.25, 0.3) is 0 Å². The first kappa shape index (κ1) is 37.5. The van der Waals surface area contributed by atoms with Crippen molar-refractivity contribution in [2.45, 2.75) is 19.3 Å². The summed E-state index contributed by atoms with van der Waals surface area (Å²) in [7, 11) is 0. The van der Waals surface area contributed by atoms with E-state index in [1.807, 2.05) is 12.1 Å². The maximum Gasteiger partial charge on any atom is 0.0991 e. The van der Waals surface area contributed by atoms with Crippen molar-refractivity contribution in [3.8, 4) is 39.9 Å². The molecule has 0 amide bonds. The lowest BCUT2D eigenvalue weighted by molar-refractivity contribution is 0.723. The predicted molar refractivity (Wildman–Crippen MR) is 279 cm³/mol. The van der Waals surface area contributed by atoms with Gasteiger partial charge in [0.15, 0.2) is 0 Å². The molecule has 0 bridgehead atoms. The van der Waals surface area contributed by atoms with Crippen LogP contribution in [0.3, 0.4) is 0 Å². The molecule has 14 rings (SSSR count). The van der Waals surface area contributed by atoms with E-state index in [2.05, 4.69) is 231 Å². The van der Waals surface area contributed by atoms with Crippen molar-refractivity contribution in [2.24, 2.45) is 0 Å². The van der Waals surface area contributed by atoms with E-state index in [1.165, 1.54) is 71.2 Å². The third-order valence-corrected chi connectivity index (χ3v) is 14.4. The summed E-state index contributed by atoms with van der Waals surface area (Å²) in [5.74, 6) is 0.392. The molecular formula is C62H41N5. The average Bonchev–Trinajstić information content (AvgIpc) is 4.11. The predicted octanol–water partition coefficient (Wildman–Crippen LogP) is 16.0. The zero-order chi connectivity index (χ0) is 44.3. The van der Waals surface area contributed by atoms with Gasteiger partial charge in [-0.15, -0.1) is 0 Å². The van der Waals surface area contributed by atoms with Crippen molar-refractivity contribution in [2.75, 3.05) is 0 Å². The molecule has 5 heteroatoms. The summed E-state index contributed by atoms with van der Waals surface area (Å²) in [4.78, 5) is 0.